The van der Waals surface area contributed by atoms with Gasteiger partial charge in [-0.2, -0.15) is 0 Å². The molecule has 0 saturated heterocycles. The molecule has 8 heteroatoms. The van der Waals surface area contributed by atoms with Crippen molar-refractivity contribution in [2.45, 2.75) is 17.6 Å². The third kappa shape index (κ3) is 5.72. The summed E-state index contributed by atoms with van der Waals surface area (Å²) < 4.78 is 31.1. The second-order valence-corrected chi connectivity index (χ2v) is 9.27. The number of nitrogens with zero attached hydrogens (tertiary/aromatic N) is 1. The van der Waals surface area contributed by atoms with Crippen molar-refractivity contribution in [3.05, 3.63) is 53.6 Å². The number of ether oxygens (including phenoxy) is 1. The molecule has 1 amide bonds. The fourth-order valence-electron chi connectivity index (χ4n) is 2.37. The molecule has 0 aliphatic rings. The number of sulfonamides is 1. The summed E-state index contributed by atoms with van der Waals surface area (Å²) >= 11 is 1.48. The number of hydrogen-bond donors (Lipinski definition) is 1. The lowest BCUT2D eigenvalue weighted by Gasteiger charge is -2.15. The number of amides is 1. The van der Waals surface area contributed by atoms with Crippen molar-refractivity contribution in [1.82, 2.24) is 4.31 Å². The zero-order chi connectivity index (χ0) is 20.0. The van der Waals surface area contributed by atoms with Crippen LogP contribution in [0.5, 0.6) is 5.75 Å². The van der Waals surface area contributed by atoms with Gasteiger partial charge >= 0.3 is 0 Å². The molecular formula is C19H24N2O4S2. The second kappa shape index (κ2) is 9.25. The van der Waals surface area contributed by atoms with Gasteiger partial charge in [-0.1, -0.05) is 18.2 Å². The molecule has 0 aliphatic heterocycles. The van der Waals surface area contributed by atoms with Crippen LogP contribution in [0, 0.1) is 6.92 Å². The maximum atomic E-state index is 12.4. The van der Waals surface area contributed by atoms with Crippen molar-refractivity contribution in [2.24, 2.45) is 0 Å². The van der Waals surface area contributed by atoms with Crippen molar-refractivity contribution in [2.75, 3.05) is 32.3 Å². The molecule has 0 aromatic heterocycles. The van der Waals surface area contributed by atoms with Crippen molar-refractivity contribution >= 4 is 33.4 Å². The largest absolute Gasteiger partial charge is 0.497 e. The first-order chi connectivity index (χ1) is 12.7. The van der Waals surface area contributed by atoms with Gasteiger partial charge in [-0.05, 0) is 42.3 Å². The lowest BCUT2D eigenvalue weighted by Crippen LogP contribution is -2.23. The summed E-state index contributed by atoms with van der Waals surface area (Å²) in [6.07, 6.45) is 0. The SMILES string of the molecule is COc1cccc(CSCC(=O)Nc2ccc(C)c(S(=O)(=O)N(C)C)c2)c1. The Kier molecular flexibility index (Phi) is 7.29. The van der Waals surface area contributed by atoms with Gasteiger partial charge in [0.15, 0.2) is 0 Å². The fourth-order valence-corrected chi connectivity index (χ4v) is 4.29. The van der Waals surface area contributed by atoms with E-state index in [0.29, 0.717) is 17.0 Å². The molecule has 2 aromatic rings. The maximum absolute atomic E-state index is 12.4. The molecule has 2 rings (SSSR count). The predicted octanol–water partition coefficient (Wildman–Crippen LogP) is 3.13. The van der Waals surface area contributed by atoms with Gasteiger partial charge in [0.25, 0.3) is 0 Å². The molecule has 0 heterocycles. The molecule has 0 unspecified atom stereocenters. The summed E-state index contributed by atoms with van der Waals surface area (Å²) in [7, 11) is 1.02. The molecule has 6 nitrogen and oxygen atoms in total. The number of nitrogens with one attached hydrogen (secondary N) is 1. The van der Waals surface area contributed by atoms with E-state index in [4.69, 9.17) is 4.74 Å². The van der Waals surface area contributed by atoms with E-state index in [1.54, 1.807) is 26.2 Å². The molecule has 27 heavy (non-hydrogen) atoms. The Labute approximate surface area is 165 Å². The highest BCUT2D eigenvalue weighted by molar-refractivity contribution is 7.99. The van der Waals surface area contributed by atoms with Crippen LogP contribution in [0.3, 0.4) is 0 Å². The van der Waals surface area contributed by atoms with Crippen LogP contribution in [-0.2, 0) is 20.6 Å². The number of rotatable bonds is 8. The number of anilines is 1. The molecule has 0 saturated carbocycles. The van der Waals surface area contributed by atoms with Crippen molar-refractivity contribution in [3.8, 4) is 5.75 Å². The van der Waals surface area contributed by atoms with Gasteiger partial charge in [0.2, 0.25) is 15.9 Å². The van der Waals surface area contributed by atoms with Crippen LogP contribution in [0.4, 0.5) is 5.69 Å². The normalized spacial score (nSPS) is 11.4. The topological polar surface area (TPSA) is 75.7 Å². The highest BCUT2D eigenvalue weighted by Gasteiger charge is 2.20. The number of thioether (sulfide) groups is 1. The molecule has 0 fully saturated rings. The molecular weight excluding hydrogens is 384 g/mol. The zero-order valence-electron chi connectivity index (χ0n) is 15.9. The molecule has 1 N–H and O–H groups in total. The summed E-state index contributed by atoms with van der Waals surface area (Å²) in [4.78, 5) is 12.4. The molecule has 0 spiro atoms. The Morgan fingerprint density at radius 3 is 2.59 bits per heavy atom. The first-order valence-corrected chi connectivity index (χ1v) is 10.9. The number of benzene rings is 2. The second-order valence-electron chi connectivity index (χ2n) is 6.16. The lowest BCUT2D eigenvalue weighted by molar-refractivity contribution is -0.113. The smallest absolute Gasteiger partial charge is 0.242 e. The summed E-state index contributed by atoms with van der Waals surface area (Å²) in [5.74, 6) is 1.55. The Bertz CT molecular complexity index is 912. The van der Waals surface area contributed by atoms with Crippen LogP contribution in [0.15, 0.2) is 47.4 Å². The van der Waals surface area contributed by atoms with Crippen molar-refractivity contribution in [1.29, 1.82) is 0 Å². The summed E-state index contributed by atoms with van der Waals surface area (Å²) in [5.41, 5.74) is 2.17. The van der Waals surface area contributed by atoms with E-state index in [2.05, 4.69) is 5.32 Å². The van der Waals surface area contributed by atoms with Gasteiger partial charge in [-0.25, -0.2) is 12.7 Å². The van der Waals surface area contributed by atoms with Gasteiger partial charge in [0, 0.05) is 25.5 Å². The monoisotopic (exact) mass is 408 g/mol. The molecule has 146 valence electrons. The summed E-state index contributed by atoms with van der Waals surface area (Å²) in [5, 5.41) is 2.76. The van der Waals surface area contributed by atoms with E-state index >= 15 is 0 Å². The molecule has 0 aliphatic carbocycles. The highest BCUT2D eigenvalue weighted by atomic mass is 32.2. The molecule has 0 radical (unpaired) electrons. The van der Waals surface area contributed by atoms with Gasteiger partial charge in [0.1, 0.15) is 5.75 Å². The van der Waals surface area contributed by atoms with E-state index < -0.39 is 10.0 Å². The Morgan fingerprint density at radius 2 is 1.93 bits per heavy atom. The number of carbonyl (C=O) groups excluding carboxylic acids is 1. The fraction of sp³-hybridized carbons (Fsp3) is 0.316. The molecule has 0 bridgehead atoms. The maximum Gasteiger partial charge on any atom is 0.242 e. The minimum atomic E-state index is -3.56. The first-order valence-electron chi connectivity index (χ1n) is 8.27. The highest BCUT2D eigenvalue weighted by Crippen LogP contribution is 2.23. The third-order valence-electron chi connectivity index (χ3n) is 3.87. The van der Waals surface area contributed by atoms with Crippen LogP contribution in [0.1, 0.15) is 11.1 Å². The van der Waals surface area contributed by atoms with Crippen molar-refractivity contribution < 1.29 is 17.9 Å². The van der Waals surface area contributed by atoms with E-state index in [9.17, 15) is 13.2 Å². The number of carbonyl (C=O) groups is 1. The Hall–Kier alpha value is -2.03. The number of hydrogen-bond acceptors (Lipinski definition) is 5. The van der Waals surface area contributed by atoms with Crippen LogP contribution < -0.4 is 10.1 Å². The lowest BCUT2D eigenvalue weighted by atomic mass is 10.2. The van der Waals surface area contributed by atoms with Gasteiger partial charge in [-0.3, -0.25) is 4.79 Å². The minimum absolute atomic E-state index is 0.181. The zero-order valence-corrected chi connectivity index (χ0v) is 17.5. The van der Waals surface area contributed by atoms with Crippen LogP contribution in [0.25, 0.3) is 0 Å². The summed E-state index contributed by atoms with van der Waals surface area (Å²) in [6.45, 7) is 1.73. The molecule has 0 atom stereocenters. The van der Waals surface area contributed by atoms with Crippen LogP contribution in [0.2, 0.25) is 0 Å². The van der Waals surface area contributed by atoms with Crippen molar-refractivity contribution in [3.63, 3.8) is 0 Å². The van der Waals surface area contributed by atoms with E-state index in [1.807, 2.05) is 24.3 Å². The number of aryl methyl sites for hydroxylation is 1. The predicted molar refractivity (Wildman–Crippen MR) is 110 cm³/mol. The van der Waals surface area contributed by atoms with Gasteiger partial charge in [0.05, 0.1) is 17.8 Å². The third-order valence-corrected chi connectivity index (χ3v) is 6.83. The van der Waals surface area contributed by atoms with E-state index in [-0.39, 0.29) is 16.6 Å². The first kappa shape index (κ1) is 21.3. The van der Waals surface area contributed by atoms with E-state index in [1.165, 1.54) is 31.9 Å². The van der Waals surface area contributed by atoms with Gasteiger partial charge in [-0.15, -0.1) is 11.8 Å². The average Bonchev–Trinajstić information content (AvgIpc) is 2.63. The Morgan fingerprint density at radius 1 is 1.19 bits per heavy atom. The summed E-state index contributed by atoms with van der Waals surface area (Å²) in [6, 6.07) is 12.6. The quantitative estimate of drug-likeness (QED) is 0.726. The Balaban J connectivity index is 1.97. The van der Waals surface area contributed by atoms with E-state index in [0.717, 1.165) is 15.6 Å². The average molecular weight is 409 g/mol. The molecule has 2 aromatic carbocycles. The van der Waals surface area contributed by atoms with Crippen LogP contribution >= 0.6 is 11.8 Å². The van der Waals surface area contributed by atoms with Crippen LogP contribution in [-0.4, -0.2) is 45.6 Å². The standard InChI is InChI=1S/C19H24N2O4S2/c1-14-8-9-16(11-18(14)27(23,24)21(2)3)20-19(22)13-26-12-15-6-5-7-17(10-15)25-4/h5-11H,12-13H2,1-4H3,(H,20,22). The van der Waals surface area contributed by atoms with Gasteiger partial charge < -0.3 is 10.1 Å². The number of methoxy groups -OCH3 is 1. The minimum Gasteiger partial charge on any atom is -0.497 e.